The van der Waals surface area contributed by atoms with Gasteiger partial charge < -0.3 is 31.3 Å². The van der Waals surface area contributed by atoms with E-state index in [2.05, 4.69) is 10.6 Å². The van der Waals surface area contributed by atoms with Gasteiger partial charge in [0, 0.05) is 12.8 Å². The number of hydrogen-bond donors (Lipinski definition) is 5. The highest BCUT2D eigenvalue weighted by molar-refractivity contribution is 5.91. The average molecular weight is 528 g/mol. The zero-order chi connectivity index (χ0) is 28.5. The number of amides is 3. The molecule has 4 atom stereocenters. The fraction of sp³-hybridized carbons (Fsp3) is 0.483. The van der Waals surface area contributed by atoms with Gasteiger partial charge in [0.25, 0.3) is 5.91 Å². The Morgan fingerprint density at radius 1 is 0.921 bits per heavy atom. The van der Waals surface area contributed by atoms with Crippen LogP contribution in [-0.4, -0.2) is 57.5 Å². The summed E-state index contributed by atoms with van der Waals surface area (Å²) < 4.78 is 5.38. The summed E-state index contributed by atoms with van der Waals surface area (Å²) in [6, 6.07) is 16.2. The van der Waals surface area contributed by atoms with Crippen molar-refractivity contribution < 1.29 is 29.3 Å². The molecule has 6 N–H and O–H groups in total. The number of ether oxygens (including phenoxy) is 1. The number of alkyl carbamates (subject to hydrolysis) is 1. The van der Waals surface area contributed by atoms with E-state index in [9.17, 15) is 24.6 Å². The summed E-state index contributed by atoms with van der Waals surface area (Å²) in [4.78, 5) is 38.0. The first-order chi connectivity index (χ1) is 17.7. The molecular formula is C29H41N3O6. The van der Waals surface area contributed by atoms with Crippen molar-refractivity contribution in [3.05, 3.63) is 71.8 Å². The number of aliphatic hydroxyl groups is 2. The molecule has 2 aromatic rings. The maximum atomic E-state index is 13.4. The Kier molecular flexibility index (Phi) is 10.9. The van der Waals surface area contributed by atoms with Gasteiger partial charge in [-0.05, 0) is 44.2 Å². The van der Waals surface area contributed by atoms with Crippen LogP contribution in [-0.2, 0) is 27.2 Å². The predicted octanol–water partition coefficient (Wildman–Crippen LogP) is 2.47. The number of aliphatic hydroxyl groups excluding tert-OH is 1. The molecular weight excluding hydrogens is 486 g/mol. The monoisotopic (exact) mass is 527 g/mol. The van der Waals surface area contributed by atoms with Crippen molar-refractivity contribution in [3.63, 3.8) is 0 Å². The molecule has 2 aromatic carbocycles. The maximum absolute atomic E-state index is 13.4. The number of carbonyl (C=O) groups excluding carboxylic acids is 3. The molecule has 0 aliphatic rings. The molecule has 3 amide bonds. The molecule has 0 radical (unpaired) electrons. The van der Waals surface area contributed by atoms with Gasteiger partial charge in [0.15, 0.2) is 0 Å². The highest BCUT2D eigenvalue weighted by Gasteiger charge is 2.42. The number of primary amides is 1. The quantitative estimate of drug-likeness (QED) is 0.286. The molecule has 38 heavy (non-hydrogen) atoms. The molecule has 0 fully saturated rings. The summed E-state index contributed by atoms with van der Waals surface area (Å²) in [6.45, 7) is 8.62. The van der Waals surface area contributed by atoms with E-state index in [1.807, 2.05) is 30.3 Å². The molecule has 0 aromatic heterocycles. The molecule has 0 heterocycles. The first-order valence-electron chi connectivity index (χ1n) is 12.8. The Morgan fingerprint density at radius 3 is 1.92 bits per heavy atom. The second-order valence-corrected chi connectivity index (χ2v) is 11.0. The Balaban J connectivity index is 2.37. The first kappa shape index (κ1) is 30.8. The van der Waals surface area contributed by atoms with Gasteiger partial charge in [-0.15, -0.1) is 0 Å². The van der Waals surface area contributed by atoms with Gasteiger partial charge in [-0.1, -0.05) is 74.5 Å². The zero-order valence-electron chi connectivity index (χ0n) is 22.8. The number of nitrogens with two attached hydrogens (primary N) is 1. The molecule has 1 unspecified atom stereocenters. The molecule has 9 heteroatoms. The van der Waals surface area contributed by atoms with Gasteiger partial charge >= 0.3 is 6.09 Å². The van der Waals surface area contributed by atoms with Gasteiger partial charge in [-0.2, -0.15) is 0 Å². The third-order valence-electron chi connectivity index (χ3n) is 6.03. The minimum atomic E-state index is -2.12. The van der Waals surface area contributed by atoms with Gasteiger partial charge in [0.2, 0.25) is 5.91 Å². The predicted molar refractivity (Wildman–Crippen MR) is 145 cm³/mol. The number of nitrogens with one attached hydrogen (secondary N) is 2. The smallest absolute Gasteiger partial charge is 0.407 e. The van der Waals surface area contributed by atoms with Crippen molar-refractivity contribution >= 4 is 17.9 Å². The number of hydrogen-bond acceptors (Lipinski definition) is 6. The summed E-state index contributed by atoms with van der Waals surface area (Å²) in [5, 5.41) is 28.3. The molecule has 9 nitrogen and oxygen atoms in total. The third-order valence-corrected chi connectivity index (χ3v) is 6.03. The largest absolute Gasteiger partial charge is 0.444 e. The van der Waals surface area contributed by atoms with Gasteiger partial charge in [-0.25, -0.2) is 4.79 Å². The van der Waals surface area contributed by atoms with Crippen LogP contribution in [0.15, 0.2) is 60.7 Å². The van der Waals surface area contributed by atoms with E-state index in [1.54, 1.807) is 65.0 Å². The van der Waals surface area contributed by atoms with Crippen molar-refractivity contribution in [1.29, 1.82) is 0 Å². The van der Waals surface area contributed by atoms with E-state index in [1.165, 1.54) is 0 Å². The van der Waals surface area contributed by atoms with Crippen LogP contribution in [0.3, 0.4) is 0 Å². The fourth-order valence-electron chi connectivity index (χ4n) is 4.12. The highest BCUT2D eigenvalue weighted by atomic mass is 16.6. The Morgan fingerprint density at radius 2 is 1.45 bits per heavy atom. The Bertz CT molecular complexity index is 1050. The second kappa shape index (κ2) is 13.4. The van der Waals surface area contributed by atoms with E-state index in [-0.39, 0.29) is 18.8 Å². The minimum Gasteiger partial charge on any atom is -0.444 e. The van der Waals surface area contributed by atoms with E-state index in [0.29, 0.717) is 5.56 Å². The Hall–Kier alpha value is -3.43. The molecule has 0 saturated carbocycles. The van der Waals surface area contributed by atoms with Crippen molar-refractivity contribution in [2.75, 3.05) is 0 Å². The van der Waals surface area contributed by atoms with Crippen molar-refractivity contribution in [2.24, 2.45) is 11.7 Å². The number of rotatable bonds is 12. The molecule has 208 valence electrons. The first-order valence-corrected chi connectivity index (χ1v) is 12.8. The van der Waals surface area contributed by atoms with Crippen LogP contribution < -0.4 is 16.4 Å². The van der Waals surface area contributed by atoms with Crippen LogP contribution in [0, 0.1) is 5.92 Å². The van der Waals surface area contributed by atoms with Crippen LogP contribution >= 0.6 is 0 Å². The third kappa shape index (κ3) is 9.79. The minimum absolute atomic E-state index is 0.134. The second-order valence-electron chi connectivity index (χ2n) is 11.0. The normalized spacial score (nSPS) is 15.6. The SMILES string of the molecule is CC(C)[C@H](NC(=O)C(O)(Cc1ccccc1)C[C@H](O)[C@H](Cc1ccccc1)NC(=O)OC(C)(C)C)C(N)=O. The van der Waals surface area contributed by atoms with Crippen LogP contribution in [0.4, 0.5) is 4.79 Å². The lowest BCUT2D eigenvalue weighted by Gasteiger charge is -2.34. The summed E-state index contributed by atoms with van der Waals surface area (Å²) in [7, 11) is 0. The van der Waals surface area contributed by atoms with Crippen LogP contribution in [0.25, 0.3) is 0 Å². The lowest BCUT2D eigenvalue weighted by molar-refractivity contribution is -0.146. The maximum Gasteiger partial charge on any atom is 0.407 e. The summed E-state index contributed by atoms with van der Waals surface area (Å²) in [6.07, 6.45) is -2.43. The topological polar surface area (TPSA) is 151 Å². The van der Waals surface area contributed by atoms with Gasteiger partial charge in [0.05, 0.1) is 12.1 Å². The summed E-state index contributed by atoms with van der Waals surface area (Å²) in [5.74, 6) is -1.89. The number of carbonyl (C=O) groups is 3. The van der Waals surface area contributed by atoms with E-state index < -0.39 is 53.7 Å². The van der Waals surface area contributed by atoms with E-state index in [0.717, 1.165) is 5.56 Å². The van der Waals surface area contributed by atoms with Crippen molar-refractivity contribution in [3.8, 4) is 0 Å². The summed E-state index contributed by atoms with van der Waals surface area (Å²) in [5.41, 5.74) is 4.08. The molecule has 0 aliphatic heterocycles. The van der Waals surface area contributed by atoms with E-state index in [4.69, 9.17) is 10.5 Å². The van der Waals surface area contributed by atoms with Crippen LogP contribution in [0.1, 0.15) is 52.2 Å². The van der Waals surface area contributed by atoms with Gasteiger partial charge in [0.1, 0.15) is 17.2 Å². The molecule has 0 aliphatic carbocycles. The highest BCUT2D eigenvalue weighted by Crippen LogP contribution is 2.24. The average Bonchev–Trinajstić information content (AvgIpc) is 2.81. The lowest BCUT2D eigenvalue weighted by Crippen LogP contribution is -2.58. The van der Waals surface area contributed by atoms with Gasteiger partial charge in [-0.3, -0.25) is 9.59 Å². The molecule has 0 spiro atoms. The van der Waals surface area contributed by atoms with Crippen molar-refractivity contribution in [1.82, 2.24) is 10.6 Å². The molecule has 0 saturated heterocycles. The number of benzene rings is 2. The Labute approximate surface area is 224 Å². The van der Waals surface area contributed by atoms with E-state index >= 15 is 0 Å². The fourth-order valence-corrected chi connectivity index (χ4v) is 4.12. The molecule has 0 bridgehead atoms. The lowest BCUT2D eigenvalue weighted by atomic mass is 9.84. The van der Waals surface area contributed by atoms with Crippen LogP contribution in [0.2, 0.25) is 0 Å². The standard InChI is InChI=1S/C29H41N3O6/c1-19(2)24(25(30)34)32-26(35)29(37,17-21-14-10-7-11-15-21)18-23(33)22(16-20-12-8-6-9-13-20)31-27(36)38-28(3,4)5/h6-15,19,22-24,33,37H,16-18H2,1-5H3,(H2,30,34)(H,31,36)(H,32,35)/t22-,23-,24-,29?/m0/s1. The van der Waals surface area contributed by atoms with Crippen molar-refractivity contribution in [2.45, 2.75) is 83.3 Å². The van der Waals surface area contributed by atoms with Crippen LogP contribution in [0.5, 0.6) is 0 Å². The zero-order valence-corrected chi connectivity index (χ0v) is 22.8. The molecule has 2 rings (SSSR count). The summed E-state index contributed by atoms with van der Waals surface area (Å²) >= 11 is 0.